The summed E-state index contributed by atoms with van der Waals surface area (Å²) in [6.45, 7) is 6.82. The minimum Gasteiger partial charge on any atom is -0.477 e. The molecule has 0 saturated carbocycles. The molecule has 2 atom stereocenters. The summed E-state index contributed by atoms with van der Waals surface area (Å²) in [5, 5.41) is 0. The summed E-state index contributed by atoms with van der Waals surface area (Å²) in [7, 11) is 0. The van der Waals surface area contributed by atoms with Gasteiger partial charge in [-0.1, -0.05) is 13.8 Å². The fourth-order valence-corrected chi connectivity index (χ4v) is 2.14. The number of anilines is 1. The zero-order valence-corrected chi connectivity index (χ0v) is 11.2. The fraction of sp³-hybridized carbons (Fsp3) is 0.692. The Kier molecular flexibility index (Phi) is 4.36. The molecule has 1 aliphatic rings. The van der Waals surface area contributed by atoms with Gasteiger partial charge in [-0.3, -0.25) is 4.98 Å². The third kappa shape index (κ3) is 3.10. The maximum absolute atomic E-state index is 6.03. The summed E-state index contributed by atoms with van der Waals surface area (Å²) in [4.78, 5) is 10.9. The number of nitrogens with zero attached hydrogens (tertiary/aromatic N) is 3. The van der Waals surface area contributed by atoms with Crippen molar-refractivity contribution >= 4 is 5.82 Å². The van der Waals surface area contributed by atoms with Crippen LogP contribution in [0.15, 0.2) is 12.4 Å². The van der Waals surface area contributed by atoms with Crippen LogP contribution in [0.1, 0.15) is 26.7 Å². The van der Waals surface area contributed by atoms with Crippen LogP contribution >= 0.6 is 0 Å². The number of piperidine rings is 1. The molecule has 0 aromatic carbocycles. The number of hydrogen-bond acceptors (Lipinski definition) is 5. The summed E-state index contributed by atoms with van der Waals surface area (Å²) < 4.78 is 5.51. The molecule has 2 N–H and O–H groups in total. The third-order valence-electron chi connectivity index (χ3n) is 3.35. The number of hydrogen-bond donors (Lipinski definition) is 1. The molecule has 0 amide bonds. The maximum Gasteiger partial charge on any atom is 0.234 e. The first kappa shape index (κ1) is 13.1. The molecule has 1 fully saturated rings. The molecule has 100 valence electrons. The molecule has 2 unspecified atom stereocenters. The average Bonchev–Trinajstić information content (AvgIpc) is 2.40. The minimum absolute atomic E-state index is 0.300. The highest BCUT2D eigenvalue weighted by atomic mass is 16.5. The van der Waals surface area contributed by atoms with Gasteiger partial charge in [0.1, 0.15) is 0 Å². The highest BCUT2D eigenvalue weighted by Crippen LogP contribution is 2.21. The largest absolute Gasteiger partial charge is 0.477 e. The van der Waals surface area contributed by atoms with Crippen molar-refractivity contribution in [1.29, 1.82) is 0 Å². The van der Waals surface area contributed by atoms with E-state index < -0.39 is 0 Å². The van der Waals surface area contributed by atoms with Gasteiger partial charge in [-0.2, -0.15) is 4.98 Å². The Balaban J connectivity index is 2.04. The summed E-state index contributed by atoms with van der Waals surface area (Å²) in [5.74, 6) is 1.99. The van der Waals surface area contributed by atoms with Gasteiger partial charge in [-0.05, 0) is 18.8 Å². The Labute approximate surface area is 108 Å². The Morgan fingerprint density at radius 2 is 2.33 bits per heavy atom. The van der Waals surface area contributed by atoms with E-state index in [4.69, 9.17) is 10.5 Å². The smallest absolute Gasteiger partial charge is 0.234 e. The van der Waals surface area contributed by atoms with Gasteiger partial charge in [0.25, 0.3) is 0 Å². The van der Waals surface area contributed by atoms with Crippen molar-refractivity contribution in [3.63, 3.8) is 0 Å². The highest BCUT2D eigenvalue weighted by Gasteiger charge is 2.24. The van der Waals surface area contributed by atoms with Crippen LogP contribution in [-0.2, 0) is 0 Å². The molecule has 2 rings (SSSR count). The molecule has 18 heavy (non-hydrogen) atoms. The molecule has 0 radical (unpaired) electrons. The van der Waals surface area contributed by atoms with Gasteiger partial charge >= 0.3 is 0 Å². The van der Waals surface area contributed by atoms with Crippen LogP contribution in [0, 0.1) is 5.92 Å². The van der Waals surface area contributed by atoms with Gasteiger partial charge in [0, 0.05) is 19.1 Å². The quantitative estimate of drug-likeness (QED) is 0.876. The number of ether oxygens (including phenoxy) is 1. The molecule has 0 spiro atoms. The van der Waals surface area contributed by atoms with Crippen LogP contribution in [0.25, 0.3) is 0 Å². The van der Waals surface area contributed by atoms with E-state index in [9.17, 15) is 0 Å². The third-order valence-corrected chi connectivity index (χ3v) is 3.35. The first-order chi connectivity index (χ1) is 8.70. The van der Waals surface area contributed by atoms with E-state index in [1.165, 1.54) is 0 Å². The Hall–Kier alpha value is -1.36. The van der Waals surface area contributed by atoms with Gasteiger partial charge in [0.05, 0.1) is 19.0 Å². The van der Waals surface area contributed by atoms with E-state index in [1.807, 2.05) is 0 Å². The van der Waals surface area contributed by atoms with E-state index in [0.29, 0.717) is 24.4 Å². The Bertz CT molecular complexity index is 385. The highest BCUT2D eigenvalue weighted by molar-refractivity contribution is 5.38. The van der Waals surface area contributed by atoms with Crippen molar-refractivity contribution in [2.75, 3.05) is 24.6 Å². The van der Waals surface area contributed by atoms with Gasteiger partial charge in [-0.15, -0.1) is 0 Å². The van der Waals surface area contributed by atoms with E-state index in [-0.39, 0.29) is 0 Å². The first-order valence-electron chi connectivity index (χ1n) is 6.66. The zero-order chi connectivity index (χ0) is 13.0. The predicted molar refractivity (Wildman–Crippen MR) is 71.8 cm³/mol. The first-order valence-corrected chi connectivity index (χ1v) is 6.66. The number of rotatable bonds is 4. The van der Waals surface area contributed by atoms with Gasteiger partial charge in [0.2, 0.25) is 5.88 Å². The van der Waals surface area contributed by atoms with Crippen molar-refractivity contribution < 1.29 is 4.74 Å². The van der Waals surface area contributed by atoms with Gasteiger partial charge < -0.3 is 15.4 Å². The summed E-state index contributed by atoms with van der Waals surface area (Å²) in [6.07, 6.45) is 5.44. The lowest BCUT2D eigenvalue weighted by Crippen LogP contribution is -2.46. The Morgan fingerprint density at radius 3 is 3.06 bits per heavy atom. The van der Waals surface area contributed by atoms with Crippen LogP contribution < -0.4 is 15.4 Å². The molecular weight excluding hydrogens is 228 g/mol. The normalized spacial score (nSPS) is 24.1. The molecule has 1 aliphatic heterocycles. The maximum atomic E-state index is 6.03. The molecule has 0 bridgehead atoms. The predicted octanol–water partition coefficient (Wildman–Crippen LogP) is 1.44. The molecular formula is C13H22N4O. The van der Waals surface area contributed by atoms with Gasteiger partial charge in [-0.25, -0.2) is 0 Å². The second-order valence-corrected chi connectivity index (χ2v) is 4.94. The SMILES string of the molecule is CCCOc1cncc(N2CCC(N)C(C)C2)n1. The molecule has 0 aliphatic carbocycles. The fourth-order valence-electron chi connectivity index (χ4n) is 2.14. The lowest BCUT2D eigenvalue weighted by atomic mass is 9.95. The van der Waals surface area contributed by atoms with E-state index in [2.05, 4.69) is 28.7 Å². The molecule has 1 saturated heterocycles. The second-order valence-electron chi connectivity index (χ2n) is 4.94. The minimum atomic E-state index is 0.300. The van der Waals surface area contributed by atoms with Crippen LogP contribution in [0.3, 0.4) is 0 Å². The second kappa shape index (κ2) is 6.00. The van der Waals surface area contributed by atoms with E-state index >= 15 is 0 Å². The summed E-state index contributed by atoms with van der Waals surface area (Å²) >= 11 is 0. The Morgan fingerprint density at radius 1 is 1.50 bits per heavy atom. The van der Waals surface area contributed by atoms with Crippen molar-refractivity contribution in [1.82, 2.24) is 9.97 Å². The average molecular weight is 250 g/mol. The van der Waals surface area contributed by atoms with Crippen molar-refractivity contribution in [3.8, 4) is 5.88 Å². The molecule has 5 nitrogen and oxygen atoms in total. The van der Waals surface area contributed by atoms with E-state index in [0.717, 1.165) is 31.7 Å². The van der Waals surface area contributed by atoms with Crippen molar-refractivity contribution in [2.45, 2.75) is 32.7 Å². The molecule has 2 heterocycles. The van der Waals surface area contributed by atoms with E-state index in [1.54, 1.807) is 12.4 Å². The summed E-state index contributed by atoms with van der Waals surface area (Å²) in [6, 6.07) is 0.300. The number of aromatic nitrogens is 2. The zero-order valence-electron chi connectivity index (χ0n) is 11.2. The molecule has 1 aromatic heterocycles. The summed E-state index contributed by atoms with van der Waals surface area (Å²) in [5.41, 5.74) is 6.03. The van der Waals surface area contributed by atoms with Crippen molar-refractivity contribution in [2.24, 2.45) is 11.7 Å². The van der Waals surface area contributed by atoms with Gasteiger partial charge in [0.15, 0.2) is 5.82 Å². The molecule has 1 aromatic rings. The monoisotopic (exact) mass is 250 g/mol. The van der Waals surface area contributed by atoms with Crippen molar-refractivity contribution in [3.05, 3.63) is 12.4 Å². The lowest BCUT2D eigenvalue weighted by molar-refractivity contribution is 0.303. The van der Waals surface area contributed by atoms with Crippen LogP contribution in [-0.4, -0.2) is 35.7 Å². The van der Waals surface area contributed by atoms with Crippen LogP contribution in [0.4, 0.5) is 5.82 Å². The van der Waals surface area contributed by atoms with Crippen LogP contribution in [0.2, 0.25) is 0 Å². The standard InChI is InChI=1S/C13H22N4O/c1-3-6-18-13-8-15-7-12(16-13)17-5-4-11(14)10(2)9-17/h7-8,10-11H,3-6,9,14H2,1-2H3. The number of nitrogens with two attached hydrogens (primary N) is 1. The topological polar surface area (TPSA) is 64.3 Å². The van der Waals surface area contributed by atoms with Crippen LogP contribution in [0.5, 0.6) is 5.88 Å². The molecule has 5 heteroatoms. The lowest BCUT2D eigenvalue weighted by Gasteiger charge is -2.35.